The van der Waals surface area contributed by atoms with Gasteiger partial charge in [0, 0.05) is 19.7 Å². The molecule has 0 aliphatic heterocycles. The van der Waals surface area contributed by atoms with Crippen molar-refractivity contribution in [3.8, 4) is 0 Å². The van der Waals surface area contributed by atoms with E-state index in [4.69, 9.17) is 10.2 Å². The molecule has 0 saturated heterocycles. The zero-order chi connectivity index (χ0) is 11.6. The minimum Gasteiger partial charge on any atom is -0.417 e. The normalized spacial score (nSPS) is 12.0. The Morgan fingerprint density at radius 3 is 2.53 bits per heavy atom. The number of unbranched alkanes of at least 4 members (excludes halogenated alkanes) is 1. The molecule has 0 amide bonds. The Bertz CT molecular complexity index is 143. The number of rotatable bonds is 10. The maximum Gasteiger partial charge on any atom is 0.186 e. The molecule has 0 rings (SSSR count). The predicted molar refractivity (Wildman–Crippen MR) is 69.7 cm³/mol. The van der Waals surface area contributed by atoms with Crippen molar-refractivity contribution in [3.05, 3.63) is 0 Å². The summed E-state index contributed by atoms with van der Waals surface area (Å²) >= 11 is 0. The topological polar surface area (TPSA) is 47.3 Å². The summed E-state index contributed by atoms with van der Waals surface area (Å²) in [6.45, 7) is 10.5. The predicted octanol–water partition coefficient (Wildman–Crippen LogP) is 1.95. The Morgan fingerprint density at radius 1 is 1.20 bits per heavy atom. The fourth-order valence-electron chi connectivity index (χ4n) is 1.43. The van der Waals surface area contributed by atoms with Gasteiger partial charge >= 0.3 is 0 Å². The van der Waals surface area contributed by atoms with Gasteiger partial charge in [0.15, 0.2) is 8.32 Å². The zero-order valence-electron chi connectivity index (χ0n) is 10.6. The van der Waals surface area contributed by atoms with E-state index in [1.165, 1.54) is 25.3 Å². The van der Waals surface area contributed by atoms with Gasteiger partial charge in [0.05, 0.1) is 0 Å². The van der Waals surface area contributed by atoms with Crippen molar-refractivity contribution in [3.63, 3.8) is 0 Å². The lowest BCUT2D eigenvalue weighted by atomic mass is 10.4. The number of nitrogens with two attached hydrogens (primary N) is 1. The van der Waals surface area contributed by atoms with Gasteiger partial charge in [-0.2, -0.15) is 0 Å². The summed E-state index contributed by atoms with van der Waals surface area (Å²) in [7, 11) is -1.37. The van der Waals surface area contributed by atoms with Gasteiger partial charge in [-0.05, 0) is 38.5 Å². The summed E-state index contributed by atoms with van der Waals surface area (Å²) in [5, 5.41) is 3.32. The van der Waals surface area contributed by atoms with Crippen LogP contribution in [0.5, 0.6) is 0 Å². The molecule has 0 bridgehead atoms. The van der Waals surface area contributed by atoms with E-state index in [9.17, 15) is 0 Å². The quantitative estimate of drug-likeness (QED) is 0.447. The Labute approximate surface area is 95.9 Å². The van der Waals surface area contributed by atoms with E-state index in [1.807, 2.05) is 0 Å². The average Bonchev–Trinajstić information content (AvgIpc) is 2.17. The molecule has 0 spiro atoms. The van der Waals surface area contributed by atoms with Crippen molar-refractivity contribution in [2.75, 3.05) is 26.2 Å². The van der Waals surface area contributed by atoms with E-state index in [0.717, 1.165) is 26.2 Å². The van der Waals surface area contributed by atoms with E-state index in [0.29, 0.717) is 0 Å². The fraction of sp³-hybridized carbons (Fsp3) is 1.00. The summed E-state index contributed by atoms with van der Waals surface area (Å²) in [5.41, 5.74) is 5.40. The van der Waals surface area contributed by atoms with Crippen LogP contribution in [0.3, 0.4) is 0 Å². The van der Waals surface area contributed by atoms with Crippen LogP contribution in [0.25, 0.3) is 0 Å². The summed E-state index contributed by atoms with van der Waals surface area (Å²) in [4.78, 5) is 0. The van der Waals surface area contributed by atoms with Gasteiger partial charge in [0.1, 0.15) is 0 Å². The monoisotopic (exact) mass is 232 g/mol. The molecule has 0 aliphatic rings. The van der Waals surface area contributed by atoms with Crippen molar-refractivity contribution >= 4 is 8.32 Å². The van der Waals surface area contributed by atoms with Crippen LogP contribution in [0.1, 0.15) is 26.2 Å². The summed E-state index contributed by atoms with van der Waals surface area (Å²) < 4.78 is 5.96. The van der Waals surface area contributed by atoms with Crippen LogP contribution in [0.2, 0.25) is 19.1 Å². The van der Waals surface area contributed by atoms with Crippen LogP contribution in [-0.4, -0.2) is 34.6 Å². The highest BCUT2D eigenvalue weighted by atomic mass is 28.4. The fourth-order valence-corrected chi connectivity index (χ4v) is 3.30. The largest absolute Gasteiger partial charge is 0.417 e. The third-order valence-electron chi connectivity index (χ3n) is 2.44. The first-order chi connectivity index (χ1) is 7.12. The molecule has 0 aromatic rings. The molecule has 0 aromatic carbocycles. The van der Waals surface area contributed by atoms with E-state index in [1.54, 1.807) is 0 Å². The lowest BCUT2D eigenvalue weighted by Crippen LogP contribution is -2.32. The molecule has 0 unspecified atom stereocenters. The van der Waals surface area contributed by atoms with Crippen molar-refractivity contribution in [1.29, 1.82) is 0 Å². The molecule has 3 N–H and O–H groups in total. The highest BCUT2D eigenvalue weighted by Crippen LogP contribution is 2.13. The second-order valence-electron chi connectivity index (χ2n) is 4.60. The second-order valence-corrected chi connectivity index (χ2v) is 8.91. The van der Waals surface area contributed by atoms with Crippen LogP contribution in [0, 0.1) is 0 Å². The van der Waals surface area contributed by atoms with E-state index < -0.39 is 8.32 Å². The molecule has 0 saturated carbocycles. The molecule has 0 aliphatic carbocycles. The second kappa shape index (κ2) is 9.33. The number of nitrogens with one attached hydrogen (secondary N) is 1. The van der Waals surface area contributed by atoms with Gasteiger partial charge in [0.2, 0.25) is 0 Å². The Hall–Kier alpha value is 0.0969. The summed E-state index contributed by atoms with van der Waals surface area (Å²) in [6, 6.07) is 1.24. The van der Waals surface area contributed by atoms with E-state index in [-0.39, 0.29) is 0 Å². The third kappa shape index (κ3) is 10.4. The lowest BCUT2D eigenvalue weighted by molar-refractivity contribution is 0.298. The Morgan fingerprint density at radius 2 is 1.93 bits per heavy atom. The molecular formula is C11H28N2OSi. The van der Waals surface area contributed by atoms with Crippen LogP contribution < -0.4 is 11.1 Å². The van der Waals surface area contributed by atoms with Gasteiger partial charge < -0.3 is 15.5 Å². The average molecular weight is 232 g/mol. The van der Waals surface area contributed by atoms with Crippen LogP contribution in [0.15, 0.2) is 0 Å². The molecule has 0 radical (unpaired) electrons. The van der Waals surface area contributed by atoms with Crippen LogP contribution in [0.4, 0.5) is 0 Å². The van der Waals surface area contributed by atoms with Gasteiger partial charge in [0.25, 0.3) is 0 Å². The first-order valence-electron chi connectivity index (χ1n) is 6.17. The van der Waals surface area contributed by atoms with Gasteiger partial charge in [-0.15, -0.1) is 0 Å². The molecular weight excluding hydrogens is 204 g/mol. The zero-order valence-corrected chi connectivity index (χ0v) is 11.6. The highest BCUT2D eigenvalue weighted by molar-refractivity contribution is 6.71. The Kier molecular flexibility index (Phi) is 9.39. The van der Waals surface area contributed by atoms with E-state index >= 15 is 0 Å². The standard InChI is InChI=1S/C11H28N2OSi/c1-4-5-10-14-15(2,3)11-6-8-13-9-7-12/h13H,4-12H2,1-3H3. The Balaban J connectivity index is 3.38. The summed E-state index contributed by atoms with van der Waals surface area (Å²) in [6.07, 6.45) is 3.63. The minimum atomic E-state index is -1.37. The molecule has 4 heteroatoms. The SMILES string of the molecule is CCCCO[Si](C)(C)CCCNCCN. The molecule has 0 heterocycles. The van der Waals surface area contributed by atoms with Crippen LogP contribution in [-0.2, 0) is 4.43 Å². The maximum atomic E-state index is 5.96. The van der Waals surface area contributed by atoms with Crippen molar-refractivity contribution in [2.45, 2.75) is 45.3 Å². The van der Waals surface area contributed by atoms with Gasteiger partial charge in [-0.3, -0.25) is 0 Å². The third-order valence-corrected chi connectivity index (χ3v) is 4.99. The van der Waals surface area contributed by atoms with Gasteiger partial charge in [-0.25, -0.2) is 0 Å². The smallest absolute Gasteiger partial charge is 0.186 e. The van der Waals surface area contributed by atoms with E-state index in [2.05, 4.69) is 25.3 Å². The summed E-state index contributed by atoms with van der Waals surface area (Å²) in [5.74, 6) is 0. The van der Waals surface area contributed by atoms with Crippen molar-refractivity contribution < 1.29 is 4.43 Å². The molecule has 3 nitrogen and oxygen atoms in total. The minimum absolute atomic E-state index is 0.730. The van der Waals surface area contributed by atoms with Crippen molar-refractivity contribution in [1.82, 2.24) is 5.32 Å². The molecule has 0 aromatic heterocycles. The first-order valence-corrected chi connectivity index (χ1v) is 9.28. The number of hydrogen-bond acceptors (Lipinski definition) is 3. The van der Waals surface area contributed by atoms with Crippen LogP contribution >= 0.6 is 0 Å². The van der Waals surface area contributed by atoms with Crippen molar-refractivity contribution in [2.24, 2.45) is 5.73 Å². The first kappa shape index (κ1) is 15.1. The molecule has 0 atom stereocenters. The maximum absolute atomic E-state index is 5.96. The molecule has 0 fully saturated rings. The highest BCUT2D eigenvalue weighted by Gasteiger charge is 2.20. The lowest BCUT2D eigenvalue weighted by Gasteiger charge is -2.22. The molecule has 92 valence electrons. The molecule has 15 heavy (non-hydrogen) atoms. The number of hydrogen-bond donors (Lipinski definition) is 2. The van der Waals surface area contributed by atoms with Gasteiger partial charge in [-0.1, -0.05) is 13.3 Å².